The summed E-state index contributed by atoms with van der Waals surface area (Å²) in [5.41, 5.74) is 0. The fourth-order valence-electron chi connectivity index (χ4n) is 2.12. The molecule has 1 saturated heterocycles. The van der Waals surface area contributed by atoms with Gasteiger partial charge < -0.3 is 10.2 Å². The lowest BCUT2D eigenvalue weighted by molar-refractivity contribution is -0.148. The Labute approximate surface area is 118 Å². The predicted octanol–water partition coefficient (Wildman–Crippen LogP) is 1.99. The standard InChI is InChI=1S/C12H15BrN2O2S/c1-7(2)11-12(17)14-4-10(16)15(11)5-9-3-8(13)6-18-9/h3,6-7,11H,4-5H2,1-2H3,(H,14,17). The summed E-state index contributed by atoms with van der Waals surface area (Å²) in [6.07, 6.45) is 0. The molecule has 4 nitrogen and oxygen atoms in total. The molecule has 0 aliphatic carbocycles. The molecule has 1 aliphatic rings. The van der Waals surface area contributed by atoms with Crippen molar-refractivity contribution in [2.45, 2.75) is 26.4 Å². The molecule has 1 aliphatic heterocycles. The van der Waals surface area contributed by atoms with Gasteiger partial charge in [0.2, 0.25) is 11.8 Å². The maximum Gasteiger partial charge on any atom is 0.243 e. The number of carbonyl (C=O) groups excluding carboxylic acids is 2. The maximum absolute atomic E-state index is 12.0. The number of hydrogen-bond donors (Lipinski definition) is 1. The number of nitrogens with one attached hydrogen (secondary N) is 1. The number of amides is 2. The van der Waals surface area contributed by atoms with Gasteiger partial charge in [-0.2, -0.15) is 0 Å². The van der Waals surface area contributed by atoms with Crippen LogP contribution in [0.4, 0.5) is 0 Å². The lowest BCUT2D eigenvalue weighted by Crippen LogP contribution is -2.59. The molecule has 18 heavy (non-hydrogen) atoms. The molecule has 1 atom stereocenters. The zero-order chi connectivity index (χ0) is 13.3. The zero-order valence-corrected chi connectivity index (χ0v) is 12.7. The van der Waals surface area contributed by atoms with Gasteiger partial charge in [0.15, 0.2) is 0 Å². The summed E-state index contributed by atoms with van der Waals surface area (Å²) in [6.45, 7) is 4.53. The molecule has 98 valence electrons. The second kappa shape index (κ2) is 5.40. The third kappa shape index (κ3) is 2.75. The summed E-state index contributed by atoms with van der Waals surface area (Å²) in [4.78, 5) is 26.6. The van der Waals surface area contributed by atoms with E-state index < -0.39 is 0 Å². The van der Waals surface area contributed by atoms with Crippen LogP contribution in [0.25, 0.3) is 0 Å². The van der Waals surface area contributed by atoms with Crippen LogP contribution in [0.15, 0.2) is 15.9 Å². The Hall–Kier alpha value is -0.880. The number of rotatable bonds is 3. The Bertz CT molecular complexity index is 472. The minimum Gasteiger partial charge on any atom is -0.345 e. The topological polar surface area (TPSA) is 49.4 Å². The van der Waals surface area contributed by atoms with Gasteiger partial charge in [-0.1, -0.05) is 13.8 Å². The van der Waals surface area contributed by atoms with Gasteiger partial charge in [0.1, 0.15) is 6.04 Å². The van der Waals surface area contributed by atoms with Gasteiger partial charge in [0, 0.05) is 14.7 Å². The molecule has 1 unspecified atom stereocenters. The summed E-state index contributed by atoms with van der Waals surface area (Å²) >= 11 is 4.98. The van der Waals surface area contributed by atoms with Gasteiger partial charge in [0.05, 0.1) is 13.1 Å². The van der Waals surface area contributed by atoms with Crippen molar-refractivity contribution in [1.29, 1.82) is 0 Å². The highest BCUT2D eigenvalue weighted by molar-refractivity contribution is 9.10. The van der Waals surface area contributed by atoms with Crippen molar-refractivity contribution in [3.05, 3.63) is 20.8 Å². The van der Waals surface area contributed by atoms with Crippen molar-refractivity contribution < 1.29 is 9.59 Å². The summed E-state index contributed by atoms with van der Waals surface area (Å²) in [5.74, 6) is 0.0377. The largest absolute Gasteiger partial charge is 0.345 e. The van der Waals surface area contributed by atoms with E-state index in [1.165, 1.54) is 0 Å². The van der Waals surface area contributed by atoms with E-state index in [0.29, 0.717) is 6.54 Å². The highest BCUT2D eigenvalue weighted by atomic mass is 79.9. The van der Waals surface area contributed by atoms with Crippen molar-refractivity contribution in [3.63, 3.8) is 0 Å². The van der Waals surface area contributed by atoms with E-state index >= 15 is 0 Å². The molecular weight excluding hydrogens is 316 g/mol. The average Bonchev–Trinajstić information content (AvgIpc) is 2.69. The van der Waals surface area contributed by atoms with Crippen molar-refractivity contribution in [3.8, 4) is 0 Å². The van der Waals surface area contributed by atoms with Gasteiger partial charge >= 0.3 is 0 Å². The molecule has 1 fully saturated rings. The van der Waals surface area contributed by atoms with Gasteiger partial charge in [-0.15, -0.1) is 11.3 Å². The predicted molar refractivity (Wildman–Crippen MR) is 74.2 cm³/mol. The fourth-order valence-corrected chi connectivity index (χ4v) is 3.57. The second-order valence-corrected chi connectivity index (χ2v) is 6.57. The molecule has 0 aromatic carbocycles. The highest BCUT2D eigenvalue weighted by Gasteiger charge is 2.36. The lowest BCUT2D eigenvalue weighted by Gasteiger charge is -2.36. The lowest BCUT2D eigenvalue weighted by atomic mass is 9.99. The summed E-state index contributed by atoms with van der Waals surface area (Å²) < 4.78 is 1.01. The van der Waals surface area contributed by atoms with Crippen LogP contribution in [0.2, 0.25) is 0 Å². The van der Waals surface area contributed by atoms with Gasteiger partial charge in [-0.05, 0) is 27.9 Å². The Morgan fingerprint density at radius 2 is 2.28 bits per heavy atom. The van der Waals surface area contributed by atoms with Crippen molar-refractivity contribution in [2.75, 3.05) is 6.54 Å². The van der Waals surface area contributed by atoms with E-state index in [1.54, 1.807) is 16.2 Å². The SMILES string of the molecule is CC(C)C1C(=O)NCC(=O)N1Cc1cc(Br)cs1. The number of halogens is 1. The zero-order valence-electron chi connectivity index (χ0n) is 10.3. The summed E-state index contributed by atoms with van der Waals surface area (Å²) in [5, 5.41) is 4.63. The Balaban J connectivity index is 2.20. The van der Waals surface area contributed by atoms with E-state index in [9.17, 15) is 9.59 Å². The van der Waals surface area contributed by atoms with Crippen LogP contribution >= 0.6 is 27.3 Å². The number of nitrogens with zero attached hydrogens (tertiary/aromatic N) is 1. The van der Waals surface area contributed by atoms with E-state index in [0.717, 1.165) is 9.35 Å². The van der Waals surface area contributed by atoms with Crippen LogP contribution in [0.5, 0.6) is 0 Å². The quantitative estimate of drug-likeness (QED) is 0.921. The highest BCUT2D eigenvalue weighted by Crippen LogP contribution is 2.24. The van der Waals surface area contributed by atoms with Crippen LogP contribution in [-0.4, -0.2) is 29.3 Å². The smallest absolute Gasteiger partial charge is 0.243 e. The monoisotopic (exact) mass is 330 g/mol. The van der Waals surface area contributed by atoms with Gasteiger partial charge in [-0.25, -0.2) is 0 Å². The van der Waals surface area contributed by atoms with E-state index in [4.69, 9.17) is 0 Å². The third-order valence-electron chi connectivity index (χ3n) is 2.92. The third-order valence-corrected chi connectivity index (χ3v) is 4.60. The first kappa shape index (κ1) is 13.5. The first-order valence-electron chi connectivity index (χ1n) is 5.79. The van der Waals surface area contributed by atoms with Crippen LogP contribution in [-0.2, 0) is 16.1 Å². The normalized spacial score (nSPS) is 20.4. The number of piperazine rings is 1. The second-order valence-electron chi connectivity index (χ2n) is 4.66. The molecule has 0 radical (unpaired) electrons. The van der Waals surface area contributed by atoms with Crippen LogP contribution in [0.3, 0.4) is 0 Å². The number of thiophene rings is 1. The Kier molecular flexibility index (Phi) is 4.07. The summed E-state index contributed by atoms with van der Waals surface area (Å²) in [7, 11) is 0. The Morgan fingerprint density at radius 1 is 1.56 bits per heavy atom. The average molecular weight is 331 g/mol. The Morgan fingerprint density at radius 3 is 2.83 bits per heavy atom. The van der Waals surface area contributed by atoms with Crippen molar-refractivity contribution in [2.24, 2.45) is 5.92 Å². The fraction of sp³-hybridized carbons (Fsp3) is 0.500. The molecule has 6 heteroatoms. The molecular formula is C12H15BrN2O2S. The first-order valence-corrected chi connectivity index (χ1v) is 7.46. The molecule has 2 heterocycles. The van der Waals surface area contributed by atoms with E-state index in [1.807, 2.05) is 25.3 Å². The number of hydrogen-bond acceptors (Lipinski definition) is 3. The maximum atomic E-state index is 12.0. The summed E-state index contributed by atoms with van der Waals surface area (Å²) in [6, 6.07) is 1.62. The van der Waals surface area contributed by atoms with Gasteiger partial charge in [0.25, 0.3) is 0 Å². The molecule has 1 N–H and O–H groups in total. The van der Waals surface area contributed by atoms with Crippen molar-refractivity contribution in [1.82, 2.24) is 10.2 Å². The van der Waals surface area contributed by atoms with Gasteiger partial charge in [-0.3, -0.25) is 9.59 Å². The van der Waals surface area contributed by atoms with Crippen molar-refractivity contribution >= 4 is 39.1 Å². The molecule has 0 bridgehead atoms. The molecule has 2 amide bonds. The van der Waals surface area contributed by atoms with Crippen LogP contribution < -0.4 is 5.32 Å². The van der Waals surface area contributed by atoms with Crippen LogP contribution in [0, 0.1) is 5.92 Å². The minimum atomic E-state index is -0.368. The first-order chi connectivity index (χ1) is 8.49. The number of carbonyl (C=O) groups is 2. The molecule has 0 spiro atoms. The van der Waals surface area contributed by atoms with E-state index in [2.05, 4.69) is 21.2 Å². The van der Waals surface area contributed by atoms with E-state index in [-0.39, 0.29) is 30.3 Å². The molecule has 0 saturated carbocycles. The molecule has 2 rings (SSSR count). The minimum absolute atomic E-state index is 0.0159. The molecule has 1 aromatic rings. The van der Waals surface area contributed by atoms with Crippen LogP contribution in [0.1, 0.15) is 18.7 Å². The molecule has 1 aromatic heterocycles.